The third kappa shape index (κ3) is 4.71. The predicted molar refractivity (Wildman–Crippen MR) is 229 cm³/mol. The maximum atomic E-state index is 6.82. The lowest BCUT2D eigenvalue weighted by Gasteiger charge is -2.26. The molecule has 0 unspecified atom stereocenters. The Labute approximate surface area is 320 Å². The Balaban J connectivity index is 1.09. The van der Waals surface area contributed by atoms with Gasteiger partial charge in [0.15, 0.2) is 5.58 Å². The van der Waals surface area contributed by atoms with Gasteiger partial charge in [-0.2, -0.15) is 0 Å². The average Bonchev–Trinajstić information content (AvgIpc) is 3.97. The summed E-state index contributed by atoms with van der Waals surface area (Å²) < 4.78 is 19.5. The SMILES string of the molecule is c1ccc(-c2ccccc2-c2nc3ccc4ccc5ccc(N(c6ccc7c(c6)oc6ccccc67)c6ccc7oc8ccccc8c7c6)cc5c4c3o2)cc1. The van der Waals surface area contributed by atoms with Crippen molar-refractivity contribution in [3.05, 3.63) is 182 Å². The van der Waals surface area contributed by atoms with Crippen LogP contribution in [0.1, 0.15) is 0 Å². The zero-order valence-corrected chi connectivity index (χ0v) is 29.9. The van der Waals surface area contributed by atoms with Crippen molar-refractivity contribution in [1.82, 2.24) is 4.98 Å². The first-order valence-corrected chi connectivity index (χ1v) is 18.8. The highest BCUT2D eigenvalue weighted by Gasteiger charge is 2.20. The van der Waals surface area contributed by atoms with Gasteiger partial charge in [-0.1, -0.05) is 109 Å². The molecule has 12 aromatic rings. The summed E-state index contributed by atoms with van der Waals surface area (Å²) >= 11 is 0. The molecule has 12 rings (SSSR count). The Hall–Kier alpha value is -7.63. The highest BCUT2D eigenvalue weighted by Crippen LogP contribution is 2.44. The molecule has 9 aromatic carbocycles. The fraction of sp³-hybridized carbons (Fsp3) is 0. The van der Waals surface area contributed by atoms with E-state index in [4.69, 9.17) is 18.2 Å². The molecule has 0 aliphatic rings. The molecule has 0 N–H and O–H groups in total. The Kier molecular flexibility index (Phi) is 6.56. The number of benzene rings is 9. The zero-order chi connectivity index (χ0) is 36.7. The summed E-state index contributed by atoms with van der Waals surface area (Å²) in [5, 5.41) is 8.64. The maximum Gasteiger partial charge on any atom is 0.227 e. The van der Waals surface area contributed by atoms with Crippen molar-refractivity contribution in [1.29, 1.82) is 0 Å². The van der Waals surface area contributed by atoms with Gasteiger partial charge in [0.25, 0.3) is 0 Å². The van der Waals surface area contributed by atoms with Crippen molar-refractivity contribution in [2.75, 3.05) is 4.90 Å². The number of para-hydroxylation sites is 2. The number of rotatable bonds is 5. The first kappa shape index (κ1) is 30.8. The van der Waals surface area contributed by atoms with Crippen LogP contribution in [0.15, 0.2) is 195 Å². The van der Waals surface area contributed by atoms with Crippen LogP contribution in [-0.2, 0) is 0 Å². The van der Waals surface area contributed by atoms with Gasteiger partial charge in [-0.25, -0.2) is 4.98 Å². The molecule has 56 heavy (non-hydrogen) atoms. The third-order valence-corrected chi connectivity index (χ3v) is 11.1. The molecule has 0 radical (unpaired) electrons. The van der Waals surface area contributed by atoms with Crippen molar-refractivity contribution in [3.63, 3.8) is 0 Å². The summed E-state index contributed by atoms with van der Waals surface area (Å²) in [7, 11) is 0. The van der Waals surface area contributed by atoms with E-state index in [0.717, 1.165) is 110 Å². The van der Waals surface area contributed by atoms with Gasteiger partial charge >= 0.3 is 0 Å². The highest BCUT2D eigenvalue weighted by atomic mass is 16.3. The van der Waals surface area contributed by atoms with Crippen LogP contribution in [0.5, 0.6) is 0 Å². The molecular weight excluding hydrogens is 689 g/mol. The molecule has 0 saturated heterocycles. The molecule has 0 fully saturated rings. The largest absolute Gasteiger partial charge is 0.456 e. The molecular formula is C51H30N2O3. The smallest absolute Gasteiger partial charge is 0.227 e. The fourth-order valence-corrected chi connectivity index (χ4v) is 8.46. The van der Waals surface area contributed by atoms with Gasteiger partial charge in [-0.15, -0.1) is 0 Å². The van der Waals surface area contributed by atoms with Gasteiger partial charge in [0.2, 0.25) is 5.89 Å². The normalized spacial score (nSPS) is 11.9. The highest BCUT2D eigenvalue weighted by molar-refractivity contribution is 6.19. The van der Waals surface area contributed by atoms with Crippen LogP contribution in [0.3, 0.4) is 0 Å². The molecule has 0 saturated carbocycles. The topological polar surface area (TPSA) is 55.6 Å². The van der Waals surface area contributed by atoms with Crippen LogP contribution in [0.2, 0.25) is 0 Å². The molecule has 0 aliphatic carbocycles. The van der Waals surface area contributed by atoms with E-state index in [-0.39, 0.29) is 0 Å². The van der Waals surface area contributed by atoms with Crippen molar-refractivity contribution >= 4 is 93.6 Å². The first-order valence-electron chi connectivity index (χ1n) is 18.8. The molecule has 262 valence electrons. The van der Waals surface area contributed by atoms with Crippen LogP contribution in [0.25, 0.3) is 99.1 Å². The van der Waals surface area contributed by atoms with E-state index < -0.39 is 0 Å². The number of furan rings is 2. The van der Waals surface area contributed by atoms with Gasteiger partial charge < -0.3 is 18.2 Å². The minimum absolute atomic E-state index is 0.599. The van der Waals surface area contributed by atoms with E-state index in [2.05, 4.69) is 150 Å². The molecule has 0 amide bonds. The molecule has 5 nitrogen and oxygen atoms in total. The average molecular weight is 719 g/mol. The summed E-state index contributed by atoms with van der Waals surface area (Å²) in [6, 6.07) is 63.2. The molecule has 0 atom stereocenters. The molecule has 3 aromatic heterocycles. The third-order valence-electron chi connectivity index (χ3n) is 11.1. The number of hydrogen-bond acceptors (Lipinski definition) is 5. The Morgan fingerprint density at radius 3 is 1.79 bits per heavy atom. The predicted octanol–water partition coefficient (Wildman–Crippen LogP) is 14.7. The van der Waals surface area contributed by atoms with Crippen LogP contribution in [0, 0.1) is 0 Å². The number of aromatic nitrogens is 1. The van der Waals surface area contributed by atoms with E-state index in [1.54, 1.807) is 0 Å². The molecule has 3 heterocycles. The van der Waals surface area contributed by atoms with Crippen LogP contribution < -0.4 is 4.90 Å². The summed E-state index contributed by atoms with van der Waals surface area (Å²) in [4.78, 5) is 7.38. The summed E-state index contributed by atoms with van der Waals surface area (Å²) in [5.41, 5.74) is 11.1. The van der Waals surface area contributed by atoms with Gasteiger partial charge in [0.05, 0.1) is 0 Å². The fourth-order valence-electron chi connectivity index (χ4n) is 8.46. The van der Waals surface area contributed by atoms with Gasteiger partial charge in [0.1, 0.15) is 27.8 Å². The number of fused-ring (bicyclic) bond motifs is 11. The molecule has 0 aliphatic heterocycles. The van der Waals surface area contributed by atoms with Crippen LogP contribution in [0.4, 0.5) is 17.1 Å². The summed E-state index contributed by atoms with van der Waals surface area (Å²) in [6.07, 6.45) is 0. The Morgan fingerprint density at radius 1 is 0.375 bits per heavy atom. The van der Waals surface area contributed by atoms with Gasteiger partial charge in [0, 0.05) is 55.6 Å². The van der Waals surface area contributed by atoms with Crippen molar-refractivity contribution in [3.8, 4) is 22.6 Å². The lowest BCUT2D eigenvalue weighted by molar-refractivity contribution is 0.623. The lowest BCUT2D eigenvalue weighted by Crippen LogP contribution is -2.09. The minimum atomic E-state index is 0.599. The summed E-state index contributed by atoms with van der Waals surface area (Å²) in [5.74, 6) is 0.599. The van der Waals surface area contributed by atoms with Crippen molar-refractivity contribution < 1.29 is 13.3 Å². The summed E-state index contributed by atoms with van der Waals surface area (Å²) in [6.45, 7) is 0. The van der Waals surface area contributed by atoms with Crippen LogP contribution >= 0.6 is 0 Å². The second kappa shape index (κ2) is 11.9. The van der Waals surface area contributed by atoms with Gasteiger partial charge in [-0.05, 0) is 94.0 Å². The number of nitrogens with zero attached hydrogens (tertiary/aromatic N) is 2. The second-order valence-electron chi connectivity index (χ2n) is 14.3. The van der Waals surface area contributed by atoms with Crippen molar-refractivity contribution in [2.45, 2.75) is 0 Å². The van der Waals surface area contributed by atoms with E-state index >= 15 is 0 Å². The number of hydrogen-bond donors (Lipinski definition) is 0. The lowest BCUT2D eigenvalue weighted by atomic mass is 10.00. The van der Waals surface area contributed by atoms with E-state index in [1.165, 1.54) is 0 Å². The standard InChI is InChI=1S/C51H30N2O3/c1-2-10-31(11-3-1)37-12-4-5-15-41(37)51-52-44-26-21-33-19-18-32-20-22-34(28-42(32)49(33)50(44)56-51)53(35-24-27-47-43(29-35)39-14-7-9-17-46(39)54-47)36-23-25-40-38-13-6-8-16-45(38)55-48(40)30-36/h1-30H. The monoisotopic (exact) mass is 718 g/mol. The van der Waals surface area contributed by atoms with Gasteiger partial charge in [-0.3, -0.25) is 0 Å². The molecule has 0 bridgehead atoms. The number of oxazole rings is 1. The Bertz CT molecular complexity index is 3500. The quantitative estimate of drug-likeness (QED) is 0.166. The van der Waals surface area contributed by atoms with E-state index in [1.807, 2.05) is 36.4 Å². The zero-order valence-electron chi connectivity index (χ0n) is 29.9. The minimum Gasteiger partial charge on any atom is -0.456 e. The Morgan fingerprint density at radius 2 is 0.946 bits per heavy atom. The maximum absolute atomic E-state index is 6.82. The number of anilines is 3. The van der Waals surface area contributed by atoms with E-state index in [0.29, 0.717) is 5.89 Å². The second-order valence-corrected chi connectivity index (χ2v) is 14.3. The molecule has 5 heteroatoms. The molecule has 0 spiro atoms. The van der Waals surface area contributed by atoms with Crippen LogP contribution in [-0.4, -0.2) is 4.98 Å². The first-order chi connectivity index (χ1) is 27.7. The van der Waals surface area contributed by atoms with Crippen molar-refractivity contribution in [2.24, 2.45) is 0 Å². The van der Waals surface area contributed by atoms with E-state index in [9.17, 15) is 0 Å².